The minimum absolute atomic E-state index is 0.173. The SMILES string of the molecule is Cc1ccc2c(C(=O)Cl)oc(-c3ccc(Cl)cc3)c2c1. The smallest absolute Gasteiger partial charge is 0.288 e. The third kappa shape index (κ3) is 2.21. The maximum absolute atomic E-state index is 11.5. The van der Waals surface area contributed by atoms with Gasteiger partial charge < -0.3 is 4.42 Å². The van der Waals surface area contributed by atoms with Gasteiger partial charge in [-0.25, -0.2) is 0 Å². The van der Waals surface area contributed by atoms with Crippen LogP contribution in [0.3, 0.4) is 0 Å². The number of carbonyl (C=O) groups excluding carboxylic acids is 1. The van der Waals surface area contributed by atoms with Gasteiger partial charge in [-0.15, -0.1) is 0 Å². The van der Waals surface area contributed by atoms with Crippen molar-refractivity contribution in [2.75, 3.05) is 0 Å². The summed E-state index contributed by atoms with van der Waals surface area (Å²) in [5, 5.41) is 1.64. The first-order valence-electron chi connectivity index (χ1n) is 6.05. The van der Waals surface area contributed by atoms with Gasteiger partial charge in [-0.3, -0.25) is 4.79 Å². The molecular formula is C16H10Cl2O2. The third-order valence-corrected chi connectivity index (χ3v) is 3.58. The van der Waals surface area contributed by atoms with Gasteiger partial charge in [-0.2, -0.15) is 0 Å². The zero-order chi connectivity index (χ0) is 14.3. The van der Waals surface area contributed by atoms with E-state index in [0.29, 0.717) is 10.8 Å². The van der Waals surface area contributed by atoms with Gasteiger partial charge in [0.05, 0.1) is 0 Å². The van der Waals surface area contributed by atoms with E-state index in [0.717, 1.165) is 21.9 Å². The molecule has 2 nitrogen and oxygen atoms in total. The molecule has 3 aromatic rings. The number of hydrogen-bond acceptors (Lipinski definition) is 2. The van der Waals surface area contributed by atoms with Crippen molar-refractivity contribution in [1.82, 2.24) is 0 Å². The molecule has 0 atom stereocenters. The Bertz CT molecular complexity index is 801. The van der Waals surface area contributed by atoms with Gasteiger partial charge in [0, 0.05) is 21.4 Å². The standard InChI is InChI=1S/C16H10Cl2O2/c1-9-2-7-12-13(8-9)14(20-15(12)16(18)19)10-3-5-11(17)6-4-10/h2-8H,1H3. The van der Waals surface area contributed by atoms with Gasteiger partial charge in [-0.05, 0) is 48.9 Å². The van der Waals surface area contributed by atoms with Gasteiger partial charge in [-0.1, -0.05) is 29.3 Å². The summed E-state index contributed by atoms with van der Waals surface area (Å²) in [6.45, 7) is 1.99. The molecule has 0 unspecified atom stereocenters. The lowest BCUT2D eigenvalue weighted by Gasteiger charge is -1.99. The highest BCUT2D eigenvalue weighted by Crippen LogP contribution is 2.35. The maximum Gasteiger partial charge on any atom is 0.288 e. The quantitative estimate of drug-likeness (QED) is 0.590. The molecule has 0 aliphatic rings. The van der Waals surface area contributed by atoms with Gasteiger partial charge in [0.1, 0.15) is 5.76 Å². The molecule has 1 aromatic heterocycles. The Balaban J connectivity index is 2.32. The molecule has 0 radical (unpaired) electrons. The number of benzene rings is 2. The Morgan fingerprint density at radius 1 is 1.05 bits per heavy atom. The van der Waals surface area contributed by atoms with Crippen molar-refractivity contribution in [2.24, 2.45) is 0 Å². The van der Waals surface area contributed by atoms with Crippen LogP contribution in [0.4, 0.5) is 0 Å². The summed E-state index contributed by atoms with van der Waals surface area (Å²) in [6, 6.07) is 13.0. The summed E-state index contributed by atoms with van der Waals surface area (Å²) < 4.78 is 5.68. The minimum Gasteiger partial charge on any atom is -0.450 e. The number of furan rings is 1. The molecule has 3 rings (SSSR count). The van der Waals surface area contributed by atoms with Crippen LogP contribution in [0.5, 0.6) is 0 Å². The molecule has 0 N–H and O–H groups in total. The zero-order valence-electron chi connectivity index (χ0n) is 10.6. The second kappa shape index (κ2) is 4.97. The van der Waals surface area contributed by atoms with Crippen LogP contribution >= 0.6 is 23.2 Å². The number of hydrogen-bond donors (Lipinski definition) is 0. The first-order valence-corrected chi connectivity index (χ1v) is 6.81. The van der Waals surface area contributed by atoms with Crippen molar-refractivity contribution in [1.29, 1.82) is 0 Å². The monoisotopic (exact) mass is 304 g/mol. The van der Waals surface area contributed by atoms with Crippen molar-refractivity contribution in [2.45, 2.75) is 6.92 Å². The fraction of sp³-hybridized carbons (Fsp3) is 0.0625. The van der Waals surface area contributed by atoms with E-state index in [1.165, 1.54) is 0 Å². The van der Waals surface area contributed by atoms with E-state index in [9.17, 15) is 4.79 Å². The van der Waals surface area contributed by atoms with Gasteiger partial charge in [0.25, 0.3) is 5.24 Å². The van der Waals surface area contributed by atoms with Crippen molar-refractivity contribution in [3.05, 3.63) is 58.8 Å². The van der Waals surface area contributed by atoms with Gasteiger partial charge in [0.2, 0.25) is 0 Å². The molecule has 0 bridgehead atoms. The fourth-order valence-corrected chi connectivity index (χ4v) is 2.48. The van der Waals surface area contributed by atoms with Gasteiger partial charge >= 0.3 is 0 Å². The largest absolute Gasteiger partial charge is 0.450 e. The number of carbonyl (C=O) groups is 1. The molecule has 0 saturated heterocycles. The van der Waals surface area contributed by atoms with Crippen molar-refractivity contribution >= 4 is 39.2 Å². The van der Waals surface area contributed by atoms with E-state index in [2.05, 4.69) is 0 Å². The Morgan fingerprint density at radius 2 is 1.75 bits per heavy atom. The molecule has 0 saturated carbocycles. The lowest BCUT2D eigenvalue weighted by atomic mass is 10.0. The predicted molar refractivity (Wildman–Crippen MR) is 81.6 cm³/mol. The number of rotatable bonds is 2. The number of aryl methyl sites for hydroxylation is 1. The summed E-state index contributed by atoms with van der Waals surface area (Å²) in [7, 11) is 0. The summed E-state index contributed by atoms with van der Waals surface area (Å²) in [6.07, 6.45) is 0. The number of halogens is 2. The van der Waals surface area contributed by atoms with Crippen LogP contribution in [-0.2, 0) is 0 Å². The maximum atomic E-state index is 11.5. The summed E-state index contributed by atoms with van der Waals surface area (Å²) in [5.41, 5.74) is 1.94. The lowest BCUT2D eigenvalue weighted by molar-refractivity contribution is 0.106. The van der Waals surface area contributed by atoms with E-state index in [1.54, 1.807) is 12.1 Å². The Hall–Kier alpha value is -1.77. The topological polar surface area (TPSA) is 30.2 Å². The Labute approximate surface area is 125 Å². The highest BCUT2D eigenvalue weighted by atomic mass is 35.5. The van der Waals surface area contributed by atoms with Crippen LogP contribution in [0.2, 0.25) is 5.02 Å². The van der Waals surface area contributed by atoms with Crippen molar-refractivity contribution < 1.29 is 9.21 Å². The van der Waals surface area contributed by atoms with Crippen LogP contribution in [0.25, 0.3) is 22.1 Å². The van der Waals surface area contributed by atoms with Crippen LogP contribution < -0.4 is 0 Å². The number of fused-ring (bicyclic) bond motifs is 1. The van der Waals surface area contributed by atoms with E-state index < -0.39 is 5.24 Å². The average Bonchev–Trinajstić information content (AvgIpc) is 2.78. The highest BCUT2D eigenvalue weighted by Gasteiger charge is 2.18. The highest BCUT2D eigenvalue weighted by molar-refractivity contribution is 6.68. The molecular weight excluding hydrogens is 295 g/mol. The van der Waals surface area contributed by atoms with E-state index >= 15 is 0 Å². The Morgan fingerprint density at radius 3 is 2.40 bits per heavy atom. The predicted octanol–water partition coefficient (Wildman–Crippen LogP) is 5.44. The second-order valence-electron chi connectivity index (χ2n) is 4.59. The van der Waals surface area contributed by atoms with Crippen molar-refractivity contribution in [3.63, 3.8) is 0 Å². The molecule has 0 fully saturated rings. The summed E-state index contributed by atoms with van der Waals surface area (Å²) in [4.78, 5) is 11.5. The molecule has 0 spiro atoms. The van der Waals surface area contributed by atoms with Crippen molar-refractivity contribution in [3.8, 4) is 11.3 Å². The molecule has 2 aromatic carbocycles. The first-order chi connectivity index (χ1) is 9.56. The molecule has 20 heavy (non-hydrogen) atoms. The molecule has 1 heterocycles. The lowest BCUT2D eigenvalue weighted by Crippen LogP contribution is -1.84. The first kappa shape index (κ1) is 13.2. The molecule has 100 valence electrons. The molecule has 4 heteroatoms. The van der Waals surface area contributed by atoms with E-state index in [1.807, 2.05) is 37.3 Å². The molecule has 0 amide bonds. The minimum atomic E-state index is -0.598. The van der Waals surface area contributed by atoms with Crippen LogP contribution in [0, 0.1) is 6.92 Å². The summed E-state index contributed by atoms with van der Waals surface area (Å²) in [5.74, 6) is 0.802. The van der Waals surface area contributed by atoms with Crippen LogP contribution in [-0.4, -0.2) is 5.24 Å². The molecule has 0 aliphatic heterocycles. The summed E-state index contributed by atoms with van der Waals surface area (Å²) >= 11 is 11.5. The third-order valence-electron chi connectivity index (χ3n) is 3.15. The zero-order valence-corrected chi connectivity index (χ0v) is 12.1. The van der Waals surface area contributed by atoms with Gasteiger partial charge in [0.15, 0.2) is 5.76 Å². The molecule has 0 aliphatic carbocycles. The average molecular weight is 305 g/mol. The van der Waals surface area contributed by atoms with E-state index in [4.69, 9.17) is 27.6 Å². The van der Waals surface area contributed by atoms with Crippen LogP contribution in [0.1, 0.15) is 16.1 Å². The second-order valence-corrected chi connectivity index (χ2v) is 5.37. The normalized spacial score (nSPS) is 10.9. The fourth-order valence-electron chi connectivity index (χ4n) is 2.22. The van der Waals surface area contributed by atoms with E-state index in [-0.39, 0.29) is 5.76 Å². The van der Waals surface area contributed by atoms with Crippen LogP contribution in [0.15, 0.2) is 46.9 Å². The Kier molecular flexibility index (Phi) is 3.28.